The predicted octanol–water partition coefficient (Wildman–Crippen LogP) is 2.37. The number of hydrogen-bond donors (Lipinski definition) is 0. The van der Waals surface area contributed by atoms with Gasteiger partial charge in [0.1, 0.15) is 5.78 Å². The molecule has 0 radical (unpaired) electrons. The van der Waals surface area contributed by atoms with E-state index in [1.54, 1.807) is 18.2 Å². The normalized spacial score (nSPS) is 9.80. The average molecular weight is 271 g/mol. The molecule has 0 unspecified atom stereocenters. The van der Waals surface area contributed by atoms with Gasteiger partial charge in [-0.3, -0.25) is 4.79 Å². The molecule has 0 heterocycles. The van der Waals surface area contributed by atoms with Crippen LogP contribution < -0.4 is 0 Å². The molecule has 0 aromatic heterocycles. The first-order valence-electron chi connectivity index (χ1n) is 4.40. The van der Waals surface area contributed by atoms with E-state index >= 15 is 0 Å². The lowest BCUT2D eigenvalue weighted by molar-refractivity contribution is -0.116. The Morgan fingerprint density at radius 2 is 2.07 bits per heavy atom. The number of esters is 1. The monoisotopic (exact) mass is 270 g/mol. The standard InChI is InChI=1S/C11H11BrO3/c1-7(13)5-8-3-4-9(10(12)6-8)11(14)15-2/h3-4,6H,5H2,1-2H3. The molecule has 0 aliphatic carbocycles. The van der Waals surface area contributed by atoms with E-state index < -0.39 is 5.97 Å². The SMILES string of the molecule is COC(=O)c1ccc(CC(C)=O)cc1Br. The van der Waals surface area contributed by atoms with Crippen molar-refractivity contribution in [2.75, 3.05) is 7.11 Å². The Balaban J connectivity index is 2.97. The predicted molar refractivity (Wildman–Crippen MR) is 59.9 cm³/mol. The third kappa shape index (κ3) is 3.16. The second kappa shape index (κ2) is 5.07. The van der Waals surface area contributed by atoms with Crippen LogP contribution in [0.3, 0.4) is 0 Å². The van der Waals surface area contributed by atoms with Crippen molar-refractivity contribution >= 4 is 27.7 Å². The molecule has 0 saturated heterocycles. The summed E-state index contributed by atoms with van der Waals surface area (Å²) < 4.78 is 5.25. The van der Waals surface area contributed by atoms with Gasteiger partial charge in [-0.1, -0.05) is 6.07 Å². The number of hydrogen-bond acceptors (Lipinski definition) is 3. The molecular weight excluding hydrogens is 260 g/mol. The van der Waals surface area contributed by atoms with Crippen molar-refractivity contribution in [3.8, 4) is 0 Å². The maximum atomic E-state index is 11.2. The lowest BCUT2D eigenvalue weighted by Gasteiger charge is -2.04. The van der Waals surface area contributed by atoms with Crippen molar-refractivity contribution in [2.45, 2.75) is 13.3 Å². The first-order chi connectivity index (χ1) is 7.04. The summed E-state index contributed by atoms with van der Waals surface area (Å²) in [5.41, 5.74) is 1.34. The van der Waals surface area contributed by atoms with Crippen molar-refractivity contribution in [3.63, 3.8) is 0 Å². The molecule has 0 spiro atoms. The van der Waals surface area contributed by atoms with Crippen molar-refractivity contribution < 1.29 is 14.3 Å². The topological polar surface area (TPSA) is 43.4 Å². The summed E-state index contributed by atoms with van der Waals surface area (Å²) in [6, 6.07) is 5.15. The van der Waals surface area contributed by atoms with E-state index in [-0.39, 0.29) is 5.78 Å². The molecule has 0 aliphatic heterocycles. The van der Waals surface area contributed by atoms with Crippen molar-refractivity contribution in [1.82, 2.24) is 0 Å². The average Bonchev–Trinajstić information content (AvgIpc) is 2.16. The van der Waals surface area contributed by atoms with Gasteiger partial charge < -0.3 is 4.74 Å². The molecule has 0 fully saturated rings. The van der Waals surface area contributed by atoms with Crippen molar-refractivity contribution in [1.29, 1.82) is 0 Å². The molecule has 1 aromatic carbocycles. The summed E-state index contributed by atoms with van der Waals surface area (Å²) in [4.78, 5) is 22.1. The number of carbonyl (C=O) groups is 2. The molecular formula is C11H11BrO3. The Morgan fingerprint density at radius 1 is 1.40 bits per heavy atom. The third-order valence-electron chi connectivity index (χ3n) is 1.89. The van der Waals surface area contributed by atoms with Crippen molar-refractivity contribution in [3.05, 3.63) is 33.8 Å². The van der Waals surface area contributed by atoms with Crippen LogP contribution in [-0.2, 0) is 16.0 Å². The summed E-state index contributed by atoms with van der Waals surface area (Å²) >= 11 is 3.27. The van der Waals surface area contributed by atoms with Gasteiger partial charge >= 0.3 is 5.97 Å². The molecule has 80 valence electrons. The number of rotatable bonds is 3. The van der Waals surface area contributed by atoms with E-state index in [0.29, 0.717) is 16.5 Å². The van der Waals surface area contributed by atoms with Crippen LogP contribution >= 0.6 is 15.9 Å². The molecule has 3 nitrogen and oxygen atoms in total. The van der Waals surface area contributed by atoms with Crippen LogP contribution in [-0.4, -0.2) is 18.9 Å². The zero-order chi connectivity index (χ0) is 11.4. The zero-order valence-electron chi connectivity index (χ0n) is 8.54. The number of Topliss-reactive ketones (excluding diaryl/α,β-unsaturated/α-hetero) is 1. The van der Waals surface area contributed by atoms with Gasteiger partial charge in [-0.05, 0) is 40.5 Å². The molecule has 0 saturated carbocycles. The third-order valence-corrected chi connectivity index (χ3v) is 2.55. The van der Waals surface area contributed by atoms with Gasteiger partial charge in [-0.2, -0.15) is 0 Å². The molecule has 1 aromatic rings. The van der Waals surface area contributed by atoms with E-state index in [1.165, 1.54) is 14.0 Å². The van der Waals surface area contributed by atoms with Crippen molar-refractivity contribution in [2.24, 2.45) is 0 Å². The largest absolute Gasteiger partial charge is 0.465 e. The minimum absolute atomic E-state index is 0.0905. The first kappa shape index (κ1) is 11.9. The maximum absolute atomic E-state index is 11.2. The highest BCUT2D eigenvalue weighted by molar-refractivity contribution is 9.10. The van der Waals surface area contributed by atoms with Gasteiger partial charge in [0.25, 0.3) is 0 Å². The van der Waals surface area contributed by atoms with Crippen LogP contribution in [0.25, 0.3) is 0 Å². The first-order valence-corrected chi connectivity index (χ1v) is 5.20. The van der Waals surface area contributed by atoms with E-state index in [2.05, 4.69) is 20.7 Å². The molecule has 0 amide bonds. The fourth-order valence-electron chi connectivity index (χ4n) is 1.23. The van der Waals surface area contributed by atoms with Crippen LogP contribution in [0.1, 0.15) is 22.8 Å². The fourth-order valence-corrected chi connectivity index (χ4v) is 1.82. The quantitative estimate of drug-likeness (QED) is 0.793. The molecule has 0 N–H and O–H groups in total. The molecule has 15 heavy (non-hydrogen) atoms. The summed E-state index contributed by atoms with van der Waals surface area (Å²) in [6.45, 7) is 1.53. The van der Waals surface area contributed by atoms with Gasteiger partial charge in [0.05, 0.1) is 12.7 Å². The van der Waals surface area contributed by atoms with Gasteiger partial charge in [0.15, 0.2) is 0 Å². The van der Waals surface area contributed by atoms with Crippen LogP contribution in [0.15, 0.2) is 22.7 Å². The van der Waals surface area contributed by atoms with E-state index in [0.717, 1.165) is 5.56 Å². The smallest absolute Gasteiger partial charge is 0.338 e. The van der Waals surface area contributed by atoms with Gasteiger partial charge in [0, 0.05) is 10.9 Å². The Kier molecular flexibility index (Phi) is 4.03. The second-order valence-corrected chi connectivity index (χ2v) is 4.04. The highest BCUT2D eigenvalue weighted by Crippen LogP contribution is 2.19. The van der Waals surface area contributed by atoms with Gasteiger partial charge in [0.2, 0.25) is 0 Å². The van der Waals surface area contributed by atoms with Gasteiger partial charge in [-0.15, -0.1) is 0 Å². The second-order valence-electron chi connectivity index (χ2n) is 3.18. The fraction of sp³-hybridized carbons (Fsp3) is 0.273. The summed E-state index contributed by atoms with van der Waals surface area (Å²) in [5.74, 6) is -0.302. The lowest BCUT2D eigenvalue weighted by Crippen LogP contribution is -2.03. The van der Waals surface area contributed by atoms with E-state index in [9.17, 15) is 9.59 Å². The number of ketones is 1. The van der Waals surface area contributed by atoms with Crippen LogP contribution in [0.2, 0.25) is 0 Å². The molecule has 0 atom stereocenters. The highest BCUT2D eigenvalue weighted by Gasteiger charge is 2.10. The minimum atomic E-state index is -0.392. The van der Waals surface area contributed by atoms with E-state index in [4.69, 9.17) is 0 Å². The summed E-state index contributed by atoms with van der Waals surface area (Å²) in [5, 5.41) is 0. The molecule has 0 aliphatic rings. The van der Waals surface area contributed by atoms with Crippen LogP contribution in [0, 0.1) is 0 Å². The summed E-state index contributed by atoms with van der Waals surface area (Å²) in [6.07, 6.45) is 0.375. The van der Waals surface area contributed by atoms with Crippen LogP contribution in [0.4, 0.5) is 0 Å². The minimum Gasteiger partial charge on any atom is -0.465 e. The molecule has 4 heteroatoms. The van der Waals surface area contributed by atoms with Crippen LogP contribution in [0.5, 0.6) is 0 Å². The van der Waals surface area contributed by atoms with E-state index in [1.807, 2.05) is 0 Å². The number of benzene rings is 1. The Hall–Kier alpha value is -1.16. The van der Waals surface area contributed by atoms with Gasteiger partial charge in [-0.25, -0.2) is 4.79 Å². The number of halogens is 1. The number of carbonyl (C=O) groups excluding carboxylic acids is 2. The number of methoxy groups -OCH3 is 1. The zero-order valence-corrected chi connectivity index (χ0v) is 10.1. The Morgan fingerprint density at radius 3 is 2.53 bits per heavy atom. The Bertz CT molecular complexity index is 399. The molecule has 1 rings (SSSR count). The molecule has 0 bridgehead atoms. The lowest BCUT2D eigenvalue weighted by atomic mass is 10.1. The Labute approximate surface area is 96.6 Å². The summed E-state index contributed by atoms with van der Waals surface area (Å²) in [7, 11) is 1.33. The number of ether oxygens (including phenoxy) is 1. The highest BCUT2D eigenvalue weighted by atomic mass is 79.9. The maximum Gasteiger partial charge on any atom is 0.338 e.